The van der Waals surface area contributed by atoms with Gasteiger partial charge in [-0.1, -0.05) is 41.5 Å². The standard InChI is InChI=1S/C27H44O5Si/c1-9-33(10-2,11-3)32-27-13-12-23(30-7)24(25(29)31-8)21(27)16-20-22(28)17-19(18(4)5)26(20,6)14-15-27/h16,18-19,23H,9-15,17H2,1-8H3/t19-,23+,26-,27-/m1/s1. The van der Waals surface area contributed by atoms with Gasteiger partial charge in [-0.05, 0) is 72.7 Å². The summed E-state index contributed by atoms with van der Waals surface area (Å²) < 4.78 is 18.3. The van der Waals surface area contributed by atoms with Gasteiger partial charge < -0.3 is 13.9 Å². The molecule has 0 radical (unpaired) electrons. The van der Waals surface area contributed by atoms with E-state index < -0.39 is 13.9 Å². The number of allylic oxidation sites excluding steroid dienone is 1. The van der Waals surface area contributed by atoms with Crippen molar-refractivity contribution in [3.05, 3.63) is 22.8 Å². The zero-order valence-corrected chi connectivity index (χ0v) is 23.0. The average molecular weight is 477 g/mol. The first kappa shape index (κ1) is 26.4. The Morgan fingerprint density at radius 1 is 1.12 bits per heavy atom. The van der Waals surface area contributed by atoms with Crippen molar-refractivity contribution in [2.45, 2.75) is 103 Å². The molecule has 5 nitrogen and oxygen atoms in total. The Morgan fingerprint density at radius 2 is 1.76 bits per heavy atom. The second kappa shape index (κ2) is 9.78. The van der Waals surface area contributed by atoms with Crippen molar-refractivity contribution in [2.24, 2.45) is 17.3 Å². The first-order chi connectivity index (χ1) is 15.6. The Labute approximate surface area is 201 Å². The highest BCUT2D eigenvalue weighted by Gasteiger charge is 2.56. The summed E-state index contributed by atoms with van der Waals surface area (Å²) in [5.41, 5.74) is 1.52. The molecule has 0 amide bonds. The quantitative estimate of drug-likeness (QED) is 0.318. The normalized spacial score (nSPS) is 32.4. The molecule has 0 heterocycles. The molecule has 0 aromatic heterocycles. The molecule has 4 atom stereocenters. The van der Waals surface area contributed by atoms with Crippen LogP contribution in [0.5, 0.6) is 0 Å². The lowest BCUT2D eigenvalue weighted by Gasteiger charge is -2.47. The smallest absolute Gasteiger partial charge is 0.336 e. The van der Waals surface area contributed by atoms with Gasteiger partial charge in [-0.2, -0.15) is 0 Å². The number of methoxy groups -OCH3 is 2. The maximum absolute atomic E-state index is 13.3. The second-order valence-electron chi connectivity index (χ2n) is 10.9. The molecule has 0 N–H and O–H groups in total. The van der Waals surface area contributed by atoms with E-state index in [1.54, 1.807) is 7.11 Å². The third kappa shape index (κ3) is 4.32. The largest absolute Gasteiger partial charge is 0.466 e. The minimum absolute atomic E-state index is 0.204. The van der Waals surface area contributed by atoms with Crippen LogP contribution >= 0.6 is 0 Å². The molecule has 0 spiro atoms. The number of Topliss-reactive ketones (excluding diaryl/α,β-unsaturated/α-hetero) is 1. The molecule has 6 heteroatoms. The lowest BCUT2D eigenvalue weighted by Crippen LogP contribution is -2.51. The first-order valence-corrected chi connectivity index (χ1v) is 15.4. The Balaban J connectivity index is 2.30. The van der Waals surface area contributed by atoms with Crippen LogP contribution in [-0.2, 0) is 23.5 Å². The van der Waals surface area contributed by atoms with Crippen LogP contribution in [0.4, 0.5) is 0 Å². The first-order valence-electron chi connectivity index (χ1n) is 12.9. The van der Waals surface area contributed by atoms with E-state index in [1.165, 1.54) is 7.11 Å². The summed E-state index contributed by atoms with van der Waals surface area (Å²) in [6, 6.07) is 3.12. The third-order valence-corrected chi connectivity index (χ3v) is 13.9. The average Bonchev–Trinajstić information content (AvgIpc) is 2.98. The van der Waals surface area contributed by atoms with Crippen LogP contribution in [0.15, 0.2) is 22.8 Å². The number of fused-ring (bicyclic) bond motifs is 2. The molecule has 0 aromatic rings. The molecule has 0 saturated heterocycles. The van der Waals surface area contributed by atoms with E-state index in [0.29, 0.717) is 30.3 Å². The van der Waals surface area contributed by atoms with Gasteiger partial charge in [0.2, 0.25) is 0 Å². The van der Waals surface area contributed by atoms with Crippen LogP contribution in [-0.4, -0.2) is 46.0 Å². The zero-order chi connectivity index (χ0) is 24.6. The van der Waals surface area contributed by atoms with E-state index in [9.17, 15) is 9.59 Å². The Bertz CT molecular complexity index is 831. The summed E-state index contributed by atoms with van der Waals surface area (Å²) in [5.74, 6) is 0.568. The Hall–Kier alpha value is -1.24. The number of hydrogen-bond acceptors (Lipinski definition) is 5. The zero-order valence-electron chi connectivity index (χ0n) is 22.0. The van der Waals surface area contributed by atoms with Crippen molar-refractivity contribution in [2.75, 3.05) is 14.2 Å². The molecular formula is C27H44O5Si. The topological polar surface area (TPSA) is 61.8 Å². The van der Waals surface area contributed by atoms with Gasteiger partial charge >= 0.3 is 5.97 Å². The second-order valence-corrected chi connectivity index (χ2v) is 15.6. The number of carbonyl (C=O) groups excluding carboxylic acids is 2. The van der Waals surface area contributed by atoms with Gasteiger partial charge in [0.05, 0.1) is 24.4 Å². The van der Waals surface area contributed by atoms with Crippen LogP contribution in [0.1, 0.15) is 73.6 Å². The molecule has 3 aliphatic carbocycles. The van der Waals surface area contributed by atoms with E-state index >= 15 is 0 Å². The molecule has 0 bridgehead atoms. The van der Waals surface area contributed by atoms with Crippen molar-refractivity contribution in [1.82, 2.24) is 0 Å². The summed E-state index contributed by atoms with van der Waals surface area (Å²) in [7, 11) is 1.06. The van der Waals surface area contributed by atoms with E-state index in [4.69, 9.17) is 13.9 Å². The van der Waals surface area contributed by atoms with E-state index in [0.717, 1.165) is 48.5 Å². The lowest BCUT2D eigenvalue weighted by molar-refractivity contribution is -0.138. The number of esters is 1. The van der Waals surface area contributed by atoms with Crippen molar-refractivity contribution >= 4 is 20.1 Å². The SMILES string of the molecule is CC[Si](CC)(CC)O[C@@]12CC[C@H](OC)C(C(=O)OC)=C1C=C1C(=O)C[C@H](C(C)C)[C@@]1(C)CC2. The molecule has 3 rings (SSSR count). The molecule has 1 saturated carbocycles. The maximum Gasteiger partial charge on any atom is 0.336 e. The van der Waals surface area contributed by atoms with Gasteiger partial charge in [-0.25, -0.2) is 4.79 Å². The summed E-state index contributed by atoms with van der Waals surface area (Å²) >= 11 is 0. The molecule has 3 aliphatic rings. The van der Waals surface area contributed by atoms with Crippen molar-refractivity contribution in [1.29, 1.82) is 0 Å². The van der Waals surface area contributed by atoms with Crippen molar-refractivity contribution in [3.63, 3.8) is 0 Å². The minimum Gasteiger partial charge on any atom is -0.466 e. The number of ketones is 1. The number of hydrogen-bond donors (Lipinski definition) is 0. The number of ether oxygens (including phenoxy) is 2. The number of rotatable bonds is 8. The molecule has 1 fully saturated rings. The maximum atomic E-state index is 13.3. The lowest BCUT2D eigenvalue weighted by atomic mass is 9.69. The van der Waals surface area contributed by atoms with Crippen LogP contribution < -0.4 is 0 Å². The highest BCUT2D eigenvalue weighted by atomic mass is 28.4. The minimum atomic E-state index is -2.01. The van der Waals surface area contributed by atoms with Gasteiger partial charge in [0, 0.05) is 19.1 Å². The highest BCUT2D eigenvalue weighted by molar-refractivity contribution is 6.73. The molecule has 33 heavy (non-hydrogen) atoms. The fourth-order valence-corrected chi connectivity index (χ4v) is 9.93. The summed E-state index contributed by atoms with van der Waals surface area (Å²) in [4.78, 5) is 26.5. The van der Waals surface area contributed by atoms with E-state index in [1.807, 2.05) is 0 Å². The van der Waals surface area contributed by atoms with Gasteiger partial charge in [-0.3, -0.25) is 4.79 Å². The molecule has 0 aromatic carbocycles. The monoisotopic (exact) mass is 476 g/mol. The van der Waals surface area contributed by atoms with Gasteiger partial charge in [0.15, 0.2) is 14.1 Å². The molecular weight excluding hydrogens is 432 g/mol. The number of carbonyl (C=O) groups is 2. The van der Waals surface area contributed by atoms with Crippen molar-refractivity contribution in [3.8, 4) is 0 Å². The third-order valence-electron chi connectivity index (χ3n) is 9.23. The van der Waals surface area contributed by atoms with Gasteiger partial charge in [0.1, 0.15) is 0 Å². The summed E-state index contributed by atoms with van der Waals surface area (Å²) in [6.07, 6.45) is 5.52. The molecule has 0 unspecified atom stereocenters. The fraction of sp³-hybridized carbons (Fsp3) is 0.778. The molecule has 0 aliphatic heterocycles. The molecule has 186 valence electrons. The van der Waals surface area contributed by atoms with Gasteiger partial charge in [0.25, 0.3) is 0 Å². The Kier molecular flexibility index (Phi) is 7.82. The van der Waals surface area contributed by atoms with E-state index in [2.05, 4.69) is 47.6 Å². The van der Waals surface area contributed by atoms with E-state index in [-0.39, 0.29) is 23.3 Å². The highest BCUT2D eigenvalue weighted by Crippen LogP contribution is 2.58. The van der Waals surface area contributed by atoms with Crippen LogP contribution in [0.2, 0.25) is 18.1 Å². The van der Waals surface area contributed by atoms with Crippen LogP contribution in [0, 0.1) is 17.3 Å². The summed E-state index contributed by atoms with van der Waals surface area (Å²) in [6.45, 7) is 13.4. The van der Waals surface area contributed by atoms with Crippen LogP contribution in [0.3, 0.4) is 0 Å². The summed E-state index contributed by atoms with van der Waals surface area (Å²) in [5, 5.41) is 0. The van der Waals surface area contributed by atoms with Crippen LogP contribution in [0.25, 0.3) is 0 Å². The predicted octanol–water partition coefficient (Wildman–Crippen LogP) is 6.00. The van der Waals surface area contributed by atoms with Crippen molar-refractivity contribution < 1.29 is 23.5 Å². The predicted molar refractivity (Wildman–Crippen MR) is 133 cm³/mol. The fourth-order valence-electron chi connectivity index (χ4n) is 6.85. The Morgan fingerprint density at radius 3 is 2.27 bits per heavy atom. The van der Waals surface area contributed by atoms with Gasteiger partial charge in [-0.15, -0.1) is 0 Å².